The van der Waals surface area contributed by atoms with Crippen LogP contribution in [0.15, 0.2) is 35.2 Å². The van der Waals surface area contributed by atoms with Gasteiger partial charge in [0.15, 0.2) is 9.84 Å². The molecule has 106 valence electrons. The first-order valence-corrected chi connectivity index (χ1v) is 8.28. The Kier molecular flexibility index (Phi) is 4.60. The van der Waals surface area contributed by atoms with Gasteiger partial charge in [-0.05, 0) is 26.0 Å². The maximum absolute atomic E-state index is 12.2. The van der Waals surface area contributed by atoms with Crippen LogP contribution in [0.4, 0.5) is 0 Å². The van der Waals surface area contributed by atoms with Gasteiger partial charge in [0, 0.05) is 19.1 Å². The van der Waals surface area contributed by atoms with Gasteiger partial charge < -0.3 is 4.74 Å². The Balaban J connectivity index is 1.98. The van der Waals surface area contributed by atoms with Gasteiger partial charge in [-0.1, -0.05) is 18.2 Å². The molecule has 0 bridgehead atoms. The Labute approximate surface area is 115 Å². The average molecular weight is 283 g/mol. The molecule has 2 atom stereocenters. The van der Waals surface area contributed by atoms with Crippen LogP contribution in [0, 0.1) is 0 Å². The smallest absolute Gasteiger partial charge is 0.179 e. The number of sulfone groups is 1. The summed E-state index contributed by atoms with van der Waals surface area (Å²) in [6, 6.07) is 8.92. The molecule has 0 radical (unpaired) electrons. The quantitative estimate of drug-likeness (QED) is 0.841. The van der Waals surface area contributed by atoms with Crippen LogP contribution >= 0.6 is 0 Å². The molecule has 0 unspecified atom stereocenters. The van der Waals surface area contributed by atoms with Gasteiger partial charge in [-0.15, -0.1) is 0 Å². The SMILES string of the molecule is C[C@H]1CN(CCS(=O)(=O)c2ccccc2)[C@@H](C)CO1. The van der Waals surface area contributed by atoms with Crippen molar-refractivity contribution in [3.8, 4) is 0 Å². The molecule has 1 aromatic rings. The van der Waals surface area contributed by atoms with Crippen molar-refractivity contribution in [3.63, 3.8) is 0 Å². The molecule has 1 aliphatic heterocycles. The highest BCUT2D eigenvalue weighted by Gasteiger charge is 2.25. The molecule has 1 saturated heterocycles. The Morgan fingerprint density at radius 2 is 1.95 bits per heavy atom. The van der Waals surface area contributed by atoms with Crippen LogP contribution in [0.5, 0.6) is 0 Å². The minimum absolute atomic E-state index is 0.161. The van der Waals surface area contributed by atoms with Gasteiger partial charge >= 0.3 is 0 Å². The summed E-state index contributed by atoms with van der Waals surface area (Å²) in [7, 11) is -3.18. The van der Waals surface area contributed by atoms with E-state index in [-0.39, 0.29) is 17.9 Å². The van der Waals surface area contributed by atoms with E-state index >= 15 is 0 Å². The molecule has 4 nitrogen and oxygen atoms in total. The van der Waals surface area contributed by atoms with Gasteiger partial charge in [0.05, 0.1) is 23.4 Å². The number of hydrogen-bond acceptors (Lipinski definition) is 4. The highest BCUT2D eigenvalue weighted by atomic mass is 32.2. The molecule has 1 aromatic carbocycles. The Morgan fingerprint density at radius 3 is 2.63 bits per heavy atom. The molecular formula is C14H21NO3S. The second kappa shape index (κ2) is 6.03. The van der Waals surface area contributed by atoms with Crippen molar-refractivity contribution in [2.75, 3.05) is 25.4 Å². The van der Waals surface area contributed by atoms with Crippen LogP contribution in [0.25, 0.3) is 0 Å². The molecule has 0 spiro atoms. The first-order chi connectivity index (χ1) is 8.99. The lowest BCUT2D eigenvalue weighted by Crippen LogP contribution is -2.48. The van der Waals surface area contributed by atoms with Crippen molar-refractivity contribution in [1.29, 1.82) is 0 Å². The van der Waals surface area contributed by atoms with Gasteiger partial charge in [-0.2, -0.15) is 0 Å². The molecule has 5 heteroatoms. The maximum atomic E-state index is 12.2. The lowest BCUT2D eigenvalue weighted by atomic mass is 10.2. The predicted molar refractivity (Wildman–Crippen MR) is 74.9 cm³/mol. The van der Waals surface area contributed by atoms with Crippen molar-refractivity contribution < 1.29 is 13.2 Å². The molecule has 1 aliphatic rings. The summed E-state index contributed by atoms with van der Waals surface area (Å²) in [6.45, 7) is 6.12. The molecule has 0 saturated carbocycles. The van der Waals surface area contributed by atoms with Crippen LogP contribution in [-0.4, -0.2) is 50.9 Å². The molecule has 0 aromatic heterocycles. The van der Waals surface area contributed by atoms with Gasteiger partial charge in [0.2, 0.25) is 0 Å². The van der Waals surface area contributed by atoms with E-state index in [1.165, 1.54) is 0 Å². The Morgan fingerprint density at radius 1 is 1.26 bits per heavy atom. The molecule has 0 aliphatic carbocycles. The Hall–Kier alpha value is -0.910. The number of nitrogens with zero attached hydrogens (tertiary/aromatic N) is 1. The maximum Gasteiger partial charge on any atom is 0.179 e. The zero-order valence-corrected chi connectivity index (χ0v) is 12.3. The van der Waals surface area contributed by atoms with Crippen LogP contribution in [0.2, 0.25) is 0 Å². The molecule has 1 heterocycles. The van der Waals surface area contributed by atoms with E-state index in [2.05, 4.69) is 11.8 Å². The predicted octanol–water partition coefficient (Wildman–Crippen LogP) is 1.57. The fraction of sp³-hybridized carbons (Fsp3) is 0.571. The molecule has 2 rings (SSSR count). The first-order valence-electron chi connectivity index (χ1n) is 6.62. The second-order valence-electron chi connectivity index (χ2n) is 5.12. The number of benzene rings is 1. The highest BCUT2D eigenvalue weighted by molar-refractivity contribution is 7.91. The standard InChI is InChI=1S/C14H21NO3S/c1-12-11-18-13(2)10-15(12)8-9-19(16,17)14-6-4-3-5-7-14/h3-7,12-13H,8-11H2,1-2H3/t12-,13-/m0/s1. The van der Waals surface area contributed by atoms with Gasteiger partial charge in [0.25, 0.3) is 0 Å². The van der Waals surface area contributed by atoms with Gasteiger partial charge in [-0.3, -0.25) is 4.90 Å². The summed E-state index contributed by atoms with van der Waals surface area (Å²) < 4.78 is 30.0. The van der Waals surface area contributed by atoms with Crippen molar-refractivity contribution in [1.82, 2.24) is 4.90 Å². The molecule has 1 fully saturated rings. The monoisotopic (exact) mass is 283 g/mol. The third-order valence-corrected chi connectivity index (χ3v) is 5.20. The minimum atomic E-state index is -3.18. The number of ether oxygens (including phenoxy) is 1. The second-order valence-corrected chi connectivity index (χ2v) is 7.23. The fourth-order valence-electron chi connectivity index (χ4n) is 2.27. The van der Waals surface area contributed by atoms with E-state index in [0.717, 1.165) is 6.54 Å². The van der Waals surface area contributed by atoms with E-state index in [1.807, 2.05) is 13.0 Å². The lowest BCUT2D eigenvalue weighted by Gasteiger charge is -2.36. The third kappa shape index (κ3) is 3.78. The topological polar surface area (TPSA) is 46.6 Å². The van der Waals surface area contributed by atoms with E-state index in [9.17, 15) is 8.42 Å². The van der Waals surface area contributed by atoms with Crippen LogP contribution in [-0.2, 0) is 14.6 Å². The first kappa shape index (κ1) is 14.5. The van der Waals surface area contributed by atoms with E-state index in [4.69, 9.17) is 4.74 Å². The zero-order valence-electron chi connectivity index (χ0n) is 11.5. The summed E-state index contributed by atoms with van der Waals surface area (Å²) >= 11 is 0. The van der Waals surface area contributed by atoms with E-state index in [0.29, 0.717) is 18.0 Å². The van der Waals surface area contributed by atoms with E-state index in [1.54, 1.807) is 24.3 Å². The number of morpholine rings is 1. The fourth-order valence-corrected chi connectivity index (χ4v) is 3.55. The minimum Gasteiger partial charge on any atom is -0.376 e. The number of hydrogen-bond donors (Lipinski definition) is 0. The summed E-state index contributed by atoms with van der Waals surface area (Å²) in [4.78, 5) is 2.60. The summed E-state index contributed by atoms with van der Waals surface area (Å²) in [5, 5.41) is 0. The van der Waals surface area contributed by atoms with Crippen LogP contribution in [0.3, 0.4) is 0 Å². The summed E-state index contributed by atoms with van der Waals surface area (Å²) in [5.74, 6) is 0.161. The van der Waals surface area contributed by atoms with Gasteiger partial charge in [-0.25, -0.2) is 8.42 Å². The molecule has 0 amide bonds. The largest absolute Gasteiger partial charge is 0.376 e. The van der Waals surface area contributed by atoms with Gasteiger partial charge in [0.1, 0.15) is 0 Å². The zero-order chi connectivity index (χ0) is 13.9. The van der Waals surface area contributed by atoms with Crippen molar-refractivity contribution in [2.45, 2.75) is 30.9 Å². The molecular weight excluding hydrogens is 262 g/mol. The van der Waals surface area contributed by atoms with Crippen molar-refractivity contribution in [3.05, 3.63) is 30.3 Å². The highest BCUT2D eigenvalue weighted by Crippen LogP contribution is 2.14. The van der Waals surface area contributed by atoms with Crippen molar-refractivity contribution >= 4 is 9.84 Å². The third-order valence-electron chi connectivity index (χ3n) is 3.49. The summed E-state index contributed by atoms with van der Waals surface area (Å²) in [6.07, 6.45) is 0.177. The lowest BCUT2D eigenvalue weighted by molar-refractivity contribution is -0.0469. The van der Waals surface area contributed by atoms with E-state index < -0.39 is 9.84 Å². The van der Waals surface area contributed by atoms with Crippen LogP contribution in [0.1, 0.15) is 13.8 Å². The van der Waals surface area contributed by atoms with Crippen molar-refractivity contribution in [2.24, 2.45) is 0 Å². The summed E-state index contributed by atoms with van der Waals surface area (Å²) in [5.41, 5.74) is 0. The number of rotatable bonds is 4. The normalized spacial score (nSPS) is 25.4. The van der Waals surface area contributed by atoms with Crippen LogP contribution < -0.4 is 0 Å². The molecule has 0 N–H and O–H groups in total. The molecule has 19 heavy (non-hydrogen) atoms. The Bertz CT molecular complexity index is 501. The average Bonchev–Trinajstić information content (AvgIpc) is 2.41.